The van der Waals surface area contributed by atoms with Crippen LogP contribution in [0.2, 0.25) is 0 Å². The Morgan fingerprint density at radius 1 is 1.32 bits per heavy atom. The van der Waals surface area contributed by atoms with Crippen LogP contribution >= 0.6 is 0 Å². The number of aromatic nitrogens is 2. The van der Waals surface area contributed by atoms with Crippen LogP contribution in [0, 0.1) is 11.3 Å². The van der Waals surface area contributed by atoms with Crippen molar-refractivity contribution < 1.29 is 8.42 Å². The molecule has 0 aliphatic heterocycles. The van der Waals surface area contributed by atoms with Gasteiger partial charge in [0.2, 0.25) is 0 Å². The Bertz CT molecular complexity index is 684. The van der Waals surface area contributed by atoms with Crippen LogP contribution in [-0.4, -0.2) is 30.0 Å². The van der Waals surface area contributed by atoms with Crippen molar-refractivity contribution in [1.82, 2.24) is 14.5 Å². The molecule has 2 rings (SSSR count). The third kappa shape index (κ3) is 2.81. The van der Waals surface area contributed by atoms with Gasteiger partial charge in [0, 0.05) is 13.6 Å². The molecule has 19 heavy (non-hydrogen) atoms. The Hall–Kier alpha value is -2.17. The van der Waals surface area contributed by atoms with E-state index in [9.17, 15) is 8.42 Å². The molecule has 0 spiro atoms. The van der Waals surface area contributed by atoms with Crippen molar-refractivity contribution in [2.75, 3.05) is 7.05 Å². The Morgan fingerprint density at radius 3 is 2.53 bits per heavy atom. The zero-order valence-electron chi connectivity index (χ0n) is 10.2. The summed E-state index contributed by atoms with van der Waals surface area (Å²) in [7, 11) is -2.06. The first-order chi connectivity index (χ1) is 9.04. The number of nitriles is 1. The van der Waals surface area contributed by atoms with Crippen LogP contribution in [0.4, 0.5) is 0 Å². The molecule has 98 valence electrons. The van der Waals surface area contributed by atoms with E-state index in [1.54, 1.807) is 24.3 Å². The normalized spacial score (nSPS) is 11.4. The van der Waals surface area contributed by atoms with Gasteiger partial charge in [0.1, 0.15) is 0 Å². The molecular formula is C12H12N4O2S. The van der Waals surface area contributed by atoms with Crippen LogP contribution in [0.5, 0.6) is 0 Å². The second-order valence-electron chi connectivity index (χ2n) is 3.99. The minimum atomic E-state index is -3.56. The molecule has 0 unspecified atom stereocenters. The van der Waals surface area contributed by atoms with E-state index >= 15 is 0 Å². The zero-order valence-corrected chi connectivity index (χ0v) is 11.1. The molecule has 0 radical (unpaired) electrons. The summed E-state index contributed by atoms with van der Waals surface area (Å²) < 4.78 is 25.5. The van der Waals surface area contributed by atoms with Crippen molar-refractivity contribution in [1.29, 1.82) is 5.26 Å². The number of benzene rings is 1. The van der Waals surface area contributed by atoms with Gasteiger partial charge in [-0.15, -0.1) is 0 Å². The number of nitrogens with one attached hydrogen (secondary N) is 1. The molecular weight excluding hydrogens is 264 g/mol. The van der Waals surface area contributed by atoms with Gasteiger partial charge < -0.3 is 0 Å². The van der Waals surface area contributed by atoms with Gasteiger partial charge in [-0.2, -0.15) is 14.7 Å². The maximum atomic E-state index is 12.1. The van der Waals surface area contributed by atoms with Crippen molar-refractivity contribution in [3.63, 3.8) is 0 Å². The fourth-order valence-corrected chi connectivity index (χ4v) is 2.64. The molecule has 0 saturated carbocycles. The van der Waals surface area contributed by atoms with Crippen LogP contribution in [0.25, 0.3) is 0 Å². The summed E-state index contributed by atoms with van der Waals surface area (Å²) in [5.41, 5.74) is 1.35. The third-order valence-corrected chi connectivity index (χ3v) is 4.38. The van der Waals surface area contributed by atoms with Crippen LogP contribution in [0.1, 0.15) is 11.1 Å². The monoisotopic (exact) mass is 276 g/mol. The maximum absolute atomic E-state index is 12.1. The summed E-state index contributed by atoms with van der Waals surface area (Å²) >= 11 is 0. The lowest BCUT2D eigenvalue weighted by atomic mass is 10.1. The van der Waals surface area contributed by atoms with E-state index in [4.69, 9.17) is 5.26 Å². The average Bonchev–Trinajstić information content (AvgIpc) is 2.94. The van der Waals surface area contributed by atoms with E-state index in [-0.39, 0.29) is 11.6 Å². The summed E-state index contributed by atoms with van der Waals surface area (Å²) in [5.74, 6) is 0. The van der Waals surface area contributed by atoms with Gasteiger partial charge in [-0.1, -0.05) is 12.1 Å². The highest BCUT2D eigenvalue weighted by atomic mass is 32.2. The first-order valence-electron chi connectivity index (χ1n) is 5.49. The predicted molar refractivity (Wildman–Crippen MR) is 68.4 cm³/mol. The Morgan fingerprint density at radius 2 is 2.00 bits per heavy atom. The highest BCUT2D eigenvalue weighted by molar-refractivity contribution is 7.89. The molecule has 2 aromatic rings. The molecule has 0 saturated heterocycles. The first kappa shape index (κ1) is 13.3. The van der Waals surface area contributed by atoms with Gasteiger partial charge in [0.15, 0.2) is 5.03 Å². The second kappa shape index (κ2) is 5.22. The first-order valence-corrected chi connectivity index (χ1v) is 6.93. The van der Waals surface area contributed by atoms with Crippen molar-refractivity contribution in [3.8, 4) is 6.07 Å². The Labute approximate surface area is 111 Å². The second-order valence-corrected chi connectivity index (χ2v) is 6.00. The van der Waals surface area contributed by atoms with Crippen molar-refractivity contribution in [3.05, 3.63) is 47.7 Å². The van der Waals surface area contributed by atoms with Gasteiger partial charge in [-0.05, 0) is 23.8 Å². The number of H-pyrrole nitrogens is 1. The molecule has 0 bridgehead atoms. The lowest BCUT2D eigenvalue weighted by Gasteiger charge is -2.15. The molecule has 0 fully saturated rings. The summed E-state index contributed by atoms with van der Waals surface area (Å²) in [6.07, 6.45) is 1.39. The fraction of sp³-hybridized carbons (Fsp3) is 0.167. The molecule has 1 aromatic carbocycles. The maximum Gasteiger partial charge on any atom is 0.260 e. The van der Waals surface area contributed by atoms with E-state index in [0.717, 1.165) is 5.56 Å². The quantitative estimate of drug-likeness (QED) is 0.905. The van der Waals surface area contributed by atoms with E-state index in [0.29, 0.717) is 5.56 Å². The summed E-state index contributed by atoms with van der Waals surface area (Å²) in [5, 5.41) is 14.8. The topological polar surface area (TPSA) is 89.8 Å². The van der Waals surface area contributed by atoms with E-state index in [1.165, 1.54) is 23.6 Å². The highest BCUT2D eigenvalue weighted by Gasteiger charge is 2.21. The Balaban J connectivity index is 2.17. The van der Waals surface area contributed by atoms with Crippen LogP contribution in [0.15, 0.2) is 41.6 Å². The number of hydrogen-bond donors (Lipinski definition) is 1. The third-order valence-electron chi connectivity index (χ3n) is 2.65. The van der Waals surface area contributed by atoms with Gasteiger partial charge in [-0.25, -0.2) is 8.42 Å². The molecule has 0 aliphatic carbocycles. The minimum Gasteiger partial charge on any atom is -0.266 e. The average molecular weight is 276 g/mol. The Kier molecular flexibility index (Phi) is 3.64. The molecule has 0 aliphatic rings. The van der Waals surface area contributed by atoms with Crippen molar-refractivity contribution in [2.24, 2.45) is 0 Å². The summed E-state index contributed by atoms with van der Waals surface area (Å²) in [4.78, 5) is 0. The summed E-state index contributed by atoms with van der Waals surface area (Å²) in [6.45, 7) is 0.229. The van der Waals surface area contributed by atoms with Crippen LogP contribution < -0.4 is 0 Å². The molecule has 0 atom stereocenters. The van der Waals surface area contributed by atoms with E-state index < -0.39 is 10.0 Å². The molecule has 1 N–H and O–H groups in total. The molecule has 7 heteroatoms. The molecule has 0 amide bonds. The van der Waals surface area contributed by atoms with Gasteiger partial charge in [0.25, 0.3) is 10.0 Å². The van der Waals surface area contributed by atoms with Crippen LogP contribution in [0.3, 0.4) is 0 Å². The molecule has 6 nitrogen and oxygen atoms in total. The van der Waals surface area contributed by atoms with Crippen LogP contribution in [-0.2, 0) is 16.6 Å². The standard InChI is InChI=1S/C12H12N4O2S/c1-16(19(17,18)12-6-7-14-15-12)9-11-4-2-10(8-13)3-5-11/h2-7H,9H2,1H3,(H,14,15). The summed E-state index contributed by atoms with van der Waals surface area (Å²) in [6, 6.07) is 10.2. The molecule has 1 aromatic heterocycles. The van der Waals surface area contributed by atoms with E-state index in [1.807, 2.05) is 6.07 Å². The van der Waals surface area contributed by atoms with Gasteiger partial charge >= 0.3 is 0 Å². The predicted octanol–water partition coefficient (Wildman–Crippen LogP) is 1.10. The largest absolute Gasteiger partial charge is 0.266 e. The minimum absolute atomic E-state index is 0.0589. The SMILES string of the molecule is CN(Cc1ccc(C#N)cc1)S(=O)(=O)c1ccn[nH]1. The number of sulfonamides is 1. The highest BCUT2D eigenvalue weighted by Crippen LogP contribution is 2.14. The number of nitrogens with zero attached hydrogens (tertiary/aromatic N) is 3. The molecule has 1 heterocycles. The van der Waals surface area contributed by atoms with Gasteiger partial charge in [0.05, 0.1) is 17.8 Å². The number of aromatic amines is 1. The van der Waals surface area contributed by atoms with Crippen molar-refractivity contribution >= 4 is 10.0 Å². The van der Waals surface area contributed by atoms with Crippen molar-refractivity contribution in [2.45, 2.75) is 11.6 Å². The van der Waals surface area contributed by atoms with E-state index in [2.05, 4.69) is 10.2 Å². The smallest absolute Gasteiger partial charge is 0.260 e. The number of hydrogen-bond acceptors (Lipinski definition) is 4. The lowest BCUT2D eigenvalue weighted by molar-refractivity contribution is 0.463. The zero-order chi connectivity index (χ0) is 13.9. The number of rotatable bonds is 4. The fourth-order valence-electron chi connectivity index (χ4n) is 1.58. The lowest BCUT2D eigenvalue weighted by Crippen LogP contribution is -2.26. The van der Waals surface area contributed by atoms with Gasteiger partial charge in [-0.3, -0.25) is 5.10 Å².